The molecule has 3 rings (SSSR count). The molecule has 128 valence electrons. The van der Waals surface area contributed by atoms with Gasteiger partial charge in [0.15, 0.2) is 5.75 Å². The average Bonchev–Trinajstić information content (AvgIpc) is 3.00. The van der Waals surface area contributed by atoms with Gasteiger partial charge in [-0.25, -0.2) is 4.39 Å². The van der Waals surface area contributed by atoms with E-state index < -0.39 is 0 Å². The van der Waals surface area contributed by atoms with Crippen molar-refractivity contribution in [1.29, 1.82) is 0 Å². The standard InChI is InChI=1S/C19H18FN3O2/c1-13-3-4-14(2)18(9-13)22-19(24)12-23-11-17(10-21-23)25-16-7-5-15(20)6-8-16/h3-11H,12H2,1-2H3,(H,22,24). The highest BCUT2D eigenvalue weighted by molar-refractivity contribution is 5.91. The molecule has 0 saturated carbocycles. The average molecular weight is 339 g/mol. The van der Waals surface area contributed by atoms with E-state index in [1.165, 1.54) is 35.1 Å². The number of anilines is 1. The molecule has 6 heteroatoms. The zero-order chi connectivity index (χ0) is 17.8. The van der Waals surface area contributed by atoms with Gasteiger partial charge in [-0.1, -0.05) is 12.1 Å². The van der Waals surface area contributed by atoms with E-state index >= 15 is 0 Å². The number of ether oxygens (including phenoxy) is 1. The van der Waals surface area contributed by atoms with Gasteiger partial charge in [0.2, 0.25) is 5.91 Å². The summed E-state index contributed by atoms with van der Waals surface area (Å²) in [4.78, 5) is 12.2. The molecule has 0 aliphatic rings. The highest BCUT2D eigenvalue weighted by atomic mass is 19.1. The van der Waals surface area contributed by atoms with E-state index in [-0.39, 0.29) is 18.3 Å². The lowest BCUT2D eigenvalue weighted by molar-refractivity contribution is -0.116. The van der Waals surface area contributed by atoms with E-state index in [9.17, 15) is 9.18 Å². The maximum Gasteiger partial charge on any atom is 0.246 e. The summed E-state index contributed by atoms with van der Waals surface area (Å²) >= 11 is 0. The number of nitrogens with zero attached hydrogens (tertiary/aromatic N) is 2. The van der Waals surface area contributed by atoms with Gasteiger partial charge in [0, 0.05) is 5.69 Å². The molecule has 1 heterocycles. The fraction of sp³-hybridized carbons (Fsp3) is 0.158. The first-order valence-electron chi connectivity index (χ1n) is 7.82. The Labute approximate surface area is 145 Å². The molecule has 0 saturated heterocycles. The number of halogens is 1. The number of aryl methyl sites for hydroxylation is 2. The fourth-order valence-corrected chi connectivity index (χ4v) is 2.33. The SMILES string of the molecule is Cc1ccc(C)c(NC(=O)Cn2cc(Oc3ccc(F)cc3)cn2)c1. The summed E-state index contributed by atoms with van der Waals surface area (Å²) in [7, 11) is 0. The van der Waals surface area contributed by atoms with Crippen LogP contribution in [0.3, 0.4) is 0 Å². The molecule has 2 aromatic carbocycles. The topological polar surface area (TPSA) is 56.2 Å². The molecular formula is C19H18FN3O2. The van der Waals surface area contributed by atoms with Gasteiger partial charge in [0.25, 0.3) is 0 Å². The summed E-state index contributed by atoms with van der Waals surface area (Å²) in [6.07, 6.45) is 3.13. The van der Waals surface area contributed by atoms with Crippen LogP contribution in [0.15, 0.2) is 54.9 Å². The maximum atomic E-state index is 12.9. The molecular weight excluding hydrogens is 321 g/mol. The van der Waals surface area contributed by atoms with Crippen LogP contribution in [0.4, 0.5) is 10.1 Å². The van der Waals surface area contributed by atoms with Gasteiger partial charge in [-0.05, 0) is 55.3 Å². The first-order chi connectivity index (χ1) is 12.0. The smallest absolute Gasteiger partial charge is 0.246 e. The number of carbonyl (C=O) groups excluding carboxylic acids is 1. The second kappa shape index (κ2) is 7.17. The summed E-state index contributed by atoms with van der Waals surface area (Å²) in [5.74, 6) is 0.475. The van der Waals surface area contributed by atoms with Gasteiger partial charge in [-0.2, -0.15) is 5.10 Å². The van der Waals surface area contributed by atoms with E-state index in [0.717, 1.165) is 16.8 Å². The summed E-state index contributed by atoms with van der Waals surface area (Å²) in [5, 5.41) is 6.99. The summed E-state index contributed by atoms with van der Waals surface area (Å²) in [6.45, 7) is 3.99. The minimum Gasteiger partial charge on any atom is -0.454 e. The molecule has 0 fully saturated rings. The predicted molar refractivity (Wildman–Crippen MR) is 93.2 cm³/mol. The molecule has 25 heavy (non-hydrogen) atoms. The minimum atomic E-state index is -0.328. The third-order valence-corrected chi connectivity index (χ3v) is 3.63. The number of amides is 1. The zero-order valence-corrected chi connectivity index (χ0v) is 14.0. The molecule has 1 aromatic heterocycles. The fourth-order valence-electron chi connectivity index (χ4n) is 2.33. The quantitative estimate of drug-likeness (QED) is 0.762. The molecule has 1 N–H and O–H groups in total. The van der Waals surface area contributed by atoms with Crippen LogP contribution in [0, 0.1) is 19.7 Å². The number of carbonyl (C=O) groups is 1. The van der Waals surface area contributed by atoms with Crippen LogP contribution in [-0.2, 0) is 11.3 Å². The number of rotatable bonds is 5. The largest absolute Gasteiger partial charge is 0.454 e. The first kappa shape index (κ1) is 16.7. The molecule has 0 aliphatic heterocycles. The van der Waals surface area contributed by atoms with Gasteiger partial charge in [0.05, 0.1) is 12.4 Å². The molecule has 5 nitrogen and oxygen atoms in total. The molecule has 0 atom stereocenters. The molecule has 0 aliphatic carbocycles. The Morgan fingerprint density at radius 1 is 1.16 bits per heavy atom. The zero-order valence-electron chi connectivity index (χ0n) is 14.0. The molecule has 0 unspecified atom stereocenters. The van der Waals surface area contributed by atoms with Crippen LogP contribution < -0.4 is 10.1 Å². The lowest BCUT2D eigenvalue weighted by atomic mass is 10.1. The Kier molecular flexibility index (Phi) is 4.79. The highest BCUT2D eigenvalue weighted by Gasteiger charge is 2.08. The Morgan fingerprint density at radius 3 is 2.68 bits per heavy atom. The van der Waals surface area contributed by atoms with Crippen LogP contribution in [0.2, 0.25) is 0 Å². The summed E-state index contributed by atoms with van der Waals surface area (Å²) < 4.78 is 19.9. The highest BCUT2D eigenvalue weighted by Crippen LogP contribution is 2.21. The number of nitrogens with one attached hydrogen (secondary N) is 1. The van der Waals surface area contributed by atoms with Crippen molar-refractivity contribution in [3.8, 4) is 11.5 Å². The molecule has 0 bridgehead atoms. The second-order valence-electron chi connectivity index (χ2n) is 5.80. The van der Waals surface area contributed by atoms with E-state index in [2.05, 4.69) is 10.4 Å². The van der Waals surface area contributed by atoms with Crippen LogP contribution >= 0.6 is 0 Å². The Balaban J connectivity index is 1.61. The van der Waals surface area contributed by atoms with Crippen molar-refractivity contribution in [2.45, 2.75) is 20.4 Å². The lowest BCUT2D eigenvalue weighted by Gasteiger charge is -2.09. The van der Waals surface area contributed by atoms with Crippen LogP contribution in [-0.4, -0.2) is 15.7 Å². The molecule has 1 amide bonds. The van der Waals surface area contributed by atoms with E-state index in [1.807, 2.05) is 32.0 Å². The lowest BCUT2D eigenvalue weighted by Crippen LogP contribution is -2.19. The number of hydrogen-bond acceptors (Lipinski definition) is 3. The van der Waals surface area contributed by atoms with Crippen molar-refractivity contribution >= 4 is 11.6 Å². The van der Waals surface area contributed by atoms with Gasteiger partial charge >= 0.3 is 0 Å². The van der Waals surface area contributed by atoms with Crippen molar-refractivity contribution in [3.05, 3.63) is 71.8 Å². The van der Waals surface area contributed by atoms with Crippen molar-refractivity contribution < 1.29 is 13.9 Å². The van der Waals surface area contributed by atoms with Gasteiger partial charge < -0.3 is 10.1 Å². The normalized spacial score (nSPS) is 10.5. The van der Waals surface area contributed by atoms with Gasteiger partial charge in [-0.3, -0.25) is 9.48 Å². The van der Waals surface area contributed by atoms with Crippen LogP contribution in [0.25, 0.3) is 0 Å². The third kappa shape index (κ3) is 4.44. The van der Waals surface area contributed by atoms with Crippen molar-refractivity contribution in [3.63, 3.8) is 0 Å². The van der Waals surface area contributed by atoms with E-state index in [0.29, 0.717) is 11.5 Å². The van der Waals surface area contributed by atoms with Crippen LogP contribution in [0.1, 0.15) is 11.1 Å². The Bertz CT molecular complexity index is 888. The summed E-state index contributed by atoms with van der Waals surface area (Å²) in [6, 6.07) is 11.6. The van der Waals surface area contributed by atoms with Crippen molar-refractivity contribution in [2.24, 2.45) is 0 Å². The third-order valence-electron chi connectivity index (χ3n) is 3.63. The summed E-state index contributed by atoms with van der Waals surface area (Å²) in [5.41, 5.74) is 2.87. The van der Waals surface area contributed by atoms with E-state index in [4.69, 9.17) is 4.74 Å². The van der Waals surface area contributed by atoms with Crippen molar-refractivity contribution in [2.75, 3.05) is 5.32 Å². The van der Waals surface area contributed by atoms with Crippen molar-refractivity contribution in [1.82, 2.24) is 9.78 Å². The van der Waals surface area contributed by atoms with Gasteiger partial charge in [-0.15, -0.1) is 0 Å². The predicted octanol–water partition coefficient (Wildman–Crippen LogP) is 4.07. The molecule has 0 radical (unpaired) electrons. The Morgan fingerprint density at radius 2 is 1.92 bits per heavy atom. The number of benzene rings is 2. The minimum absolute atomic E-state index is 0.0696. The van der Waals surface area contributed by atoms with E-state index in [1.54, 1.807) is 6.20 Å². The monoisotopic (exact) mass is 339 g/mol. The second-order valence-corrected chi connectivity index (χ2v) is 5.80. The Hall–Kier alpha value is -3.15. The maximum absolute atomic E-state index is 12.9. The van der Waals surface area contributed by atoms with Gasteiger partial charge in [0.1, 0.15) is 18.1 Å². The molecule has 0 spiro atoms. The van der Waals surface area contributed by atoms with Crippen LogP contribution in [0.5, 0.6) is 11.5 Å². The molecule has 3 aromatic rings. The number of aromatic nitrogens is 2. The first-order valence-corrected chi connectivity index (χ1v) is 7.82. The number of hydrogen-bond donors (Lipinski definition) is 1.